The van der Waals surface area contributed by atoms with Crippen molar-refractivity contribution in [2.45, 2.75) is 6.42 Å². The second-order valence-corrected chi connectivity index (χ2v) is 4.93. The van der Waals surface area contributed by atoms with Crippen LogP contribution in [0, 0.1) is 0 Å². The van der Waals surface area contributed by atoms with Crippen molar-refractivity contribution < 1.29 is 4.79 Å². The molecule has 0 N–H and O–H groups in total. The van der Waals surface area contributed by atoms with E-state index in [4.69, 9.17) is 0 Å². The average Bonchev–Trinajstić information content (AvgIpc) is 2.74. The van der Waals surface area contributed by atoms with Gasteiger partial charge in [0.2, 0.25) is 0 Å². The van der Waals surface area contributed by atoms with Crippen LogP contribution in [0.3, 0.4) is 0 Å². The third-order valence-corrected chi connectivity index (χ3v) is 3.33. The van der Waals surface area contributed by atoms with Crippen LogP contribution in [-0.2, 0) is 6.42 Å². The average molecular weight is 281 g/mol. The molecule has 0 atom stereocenters. The van der Waals surface area contributed by atoms with Crippen LogP contribution in [0.2, 0.25) is 0 Å². The lowest BCUT2D eigenvalue weighted by Gasteiger charge is -1.99. The molecule has 0 spiro atoms. The molecule has 0 fully saturated rings. The minimum Gasteiger partial charge on any atom is -0.294 e. The zero-order chi connectivity index (χ0) is 10.7. The Bertz CT molecular complexity index is 445. The van der Waals surface area contributed by atoms with E-state index in [9.17, 15) is 4.79 Å². The SMILES string of the molecule is O=C(Cc1ccc(Br)cc1)c1ccsc1. The lowest BCUT2D eigenvalue weighted by atomic mass is 10.1. The van der Waals surface area contributed by atoms with Gasteiger partial charge in [-0.3, -0.25) is 4.79 Å². The predicted octanol–water partition coefficient (Wildman–Crippen LogP) is 3.94. The highest BCUT2D eigenvalue weighted by atomic mass is 79.9. The Morgan fingerprint density at radius 1 is 1.20 bits per heavy atom. The third kappa shape index (κ3) is 2.76. The molecule has 0 radical (unpaired) electrons. The molecule has 0 amide bonds. The van der Waals surface area contributed by atoms with Gasteiger partial charge >= 0.3 is 0 Å². The summed E-state index contributed by atoms with van der Waals surface area (Å²) in [6, 6.07) is 9.71. The van der Waals surface area contributed by atoms with Crippen LogP contribution in [0.25, 0.3) is 0 Å². The smallest absolute Gasteiger partial charge is 0.168 e. The Morgan fingerprint density at radius 3 is 2.53 bits per heavy atom. The Morgan fingerprint density at radius 2 is 1.93 bits per heavy atom. The van der Waals surface area contributed by atoms with Crippen molar-refractivity contribution in [1.29, 1.82) is 0 Å². The fourth-order valence-corrected chi connectivity index (χ4v) is 2.24. The first-order valence-electron chi connectivity index (χ1n) is 4.55. The summed E-state index contributed by atoms with van der Waals surface area (Å²) in [5.74, 6) is 0.179. The second kappa shape index (κ2) is 4.73. The van der Waals surface area contributed by atoms with Gasteiger partial charge in [0.1, 0.15) is 0 Å². The van der Waals surface area contributed by atoms with Crippen LogP contribution in [0.1, 0.15) is 15.9 Å². The van der Waals surface area contributed by atoms with Crippen molar-refractivity contribution in [3.63, 3.8) is 0 Å². The van der Waals surface area contributed by atoms with Crippen LogP contribution in [0.5, 0.6) is 0 Å². The van der Waals surface area contributed by atoms with Gasteiger partial charge in [0.15, 0.2) is 5.78 Å². The van der Waals surface area contributed by atoms with Gasteiger partial charge < -0.3 is 0 Å². The first-order chi connectivity index (χ1) is 7.25. The van der Waals surface area contributed by atoms with Crippen molar-refractivity contribution in [3.05, 3.63) is 56.7 Å². The molecule has 76 valence electrons. The molecular weight excluding hydrogens is 272 g/mol. The molecule has 0 unspecified atom stereocenters. The largest absolute Gasteiger partial charge is 0.294 e. The lowest BCUT2D eigenvalue weighted by molar-refractivity contribution is 0.0993. The highest BCUT2D eigenvalue weighted by Gasteiger charge is 2.06. The van der Waals surface area contributed by atoms with Crippen LogP contribution in [-0.4, -0.2) is 5.78 Å². The molecule has 0 bridgehead atoms. The molecular formula is C12H9BrOS. The summed E-state index contributed by atoms with van der Waals surface area (Å²) in [5.41, 5.74) is 1.86. The maximum Gasteiger partial charge on any atom is 0.168 e. The number of ketones is 1. The molecule has 1 aromatic heterocycles. The molecule has 0 aliphatic carbocycles. The minimum absolute atomic E-state index is 0.179. The van der Waals surface area contributed by atoms with Crippen molar-refractivity contribution in [2.75, 3.05) is 0 Å². The number of thiophene rings is 1. The number of Topliss-reactive ketones (excluding diaryl/α,β-unsaturated/α-hetero) is 1. The van der Waals surface area contributed by atoms with Crippen molar-refractivity contribution in [3.8, 4) is 0 Å². The van der Waals surface area contributed by atoms with Gasteiger partial charge in [-0.1, -0.05) is 28.1 Å². The molecule has 1 aromatic carbocycles. The molecule has 0 aliphatic rings. The summed E-state index contributed by atoms with van der Waals surface area (Å²) in [6.45, 7) is 0. The number of hydrogen-bond acceptors (Lipinski definition) is 2. The maximum absolute atomic E-state index is 11.8. The van der Waals surface area contributed by atoms with E-state index >= 15 is 0 Å². The highest BCUT2D eigenvalue weighted by Crippen LogP contribution is 2.14. The molecule has 3 heteroatoms. The minimum atomic E-state index is 0.179. The van der Waals surface area contributed by atoms with E-state index in [1.807, 2.05) is 41.1 Å². The van der Waals surface area contributed by atoms with Crippen molar-refractivity contribution in [2.24, 2.45) is 0 Å². The number of halogens is 1. The summed E-state index contributed by atoms with van der Waals surface area (Å²) in [7, 11) is 0. The third-order valence-electron chi connectivity index (χ3n) is 2.12. The molecule has 0 saturated heterocycles. The predicted molar refractivity (Wildman–Crippen MR) is 66.5 cm³/mol. The number of rotatable bonds is 3. The number of benzene rings is 1. The standard InChI is InChI=1S/C12H9BrOS/c13-11-3-1-9(2-4-11)7-12(14)10-5-6-15-8-10/h1-6,8H,7H2. The van der Waals surface area contributed by atoms with Crippen molar-refractivity contribution in [1.82, 2.24) is 0 Å². The molecule has 1 nitrogen and oxygen atoms in total. The highest BCUT2D eigenvalue weighted by molar-refractivity contribution is 9.10. The topological polar surface area (TPSA) is 17.1 Å². The number of hydrogen-bond donors (Lipinski definition) is 0. The summed E-state index contributed by atoms with van der Waals surface area (Å²) in [6.07, 6.45) is 0.476. The Kier molecular flexibility index (Phi) is 3.34. The van der Waals surface area contributed by atoms with Crippen LogP contribution in [0.4, 0.5) is 0 Å². The summed E-state index contributed by atoms with van der Waals surface area (Å²) in [5, 5.41) is 3.82. The molecule has 1 heterocycles. The van der Waals surface area contributed by atoms with Gasteiger partial charge in [0.05, 0.1) is 0 Å². The van der Waals surface area contributed by atoms with Crippen LogP contribution in [0.15, 0.2) is 45.6 Å². The maximum atomic E-state index is 11.8. The first kappa shape index (κ1) is 10.6. The fourth-order valence-electron chi connectivity index (χ4n) is 1.31. The quantitative estimate of drug-likeness (QED) is 0.779. The zero-order valence-electron chi connectivity index (χ0n) is 7.94. The normalized spacial score (nSPS) is 10.2. The Labute approximate surface area is 101 Å². The molecule has 2 aromatic rings. The van der Waals surface area contributed by atoms with Gasteiger partial charge in [-0.15, -0.1) is 0 Å². The van der Waals surface area contributed by atoms with Gasteiger partial charge in [0, 0.05) is 21.8 Å². The molecule has 15 heavy (non-hydrogen) atoms. The second-order valence-electron chi connectivity index (χ2n) is 3.24. The molecule has 0 saturated carbocycles. The van der Waals surface area contributed by atoms with E-state index in [0.717, 1.165) is 15.6 Å². The molecule has 2 rings (SSSR count). The number of carbonyl (C=O) groups excluding carboxylic acids is 1. The van der Waals surface area contributed by atoms with Crippen LogP contribution < -0.4 is 0 Å². The Balaban J connectivity index is 2.09. The van der Waals surface area contributed by atoms with Gasteiger partial charge in [0.25, 0.3) is 0 Å². The van der Waals surface area contributed by atoms with E-state index < -0.39 is 0 Å². The van der Waals surface area contributed by atoms with E-state index in [1.165, 1.54) is 0 Å². The summed E-state index contributed by atoms with van der Waals surface area (Å²) in [4.78, 5) is 11.8. The van der Waals surface area contributed by atoms with Crippen LogP contribution >= 0.6 is 27.3 Å². The molecule has 0 aliphatic heterocycles. The van der Waals surface area contributed by atoms with Gasteiger partial charge in [-0.2, -0.15) is 11.3 Å². The number of carbonyl (C=O) groups is 1. The summed E-state index contributed by atoms with van der Waals surface area (Å²) < 4.78 is 1.04. The first-order valence-corrected chi connectivity index (χ1v) is 6.29. The van der Waals surface area contributed by atoms with E-state index in [0.29, 0.717) is 6.42 Å². The monoisotopic (exact) mass is 280 g/mol. The fraction of sp³-hybridized carbons (Fsp3) is 0.0833. The lowest BCUT2D eigenvalue weighted by Crippen LogP contribution is -2.01. The Hall–Kier alpha value is -0.930. The van der Waals surface area contributed by atoms with E-state index in [1.54, 1.807) is 11.3 Å². The van der Waals surface area contributed by atoms with Gasteiger partial charge in [-0.05, 0) is 29.1 Å². The van der Waals surface area contributed by atoms with E-state index in [2.05, 4.69) is 15.9 Å². The summed E-state index contributed by atoms with van der Waals surface area (Å²) >= 11 is 4.92. The zero-order valence-corrected chi connectivity index (χ0v) is 10.3. The van der Waals surface area contributed by atoms with Crippen molar-refractivity contribution >= 4 is 33.0 Å². The van der Waals surface area contributed by atoms with E-state index in [-0.39, 0.29) is 5.78 Å². The van der Waals surface area contributed by atoms with Gasteiger partial charge in [-0.25, -0.2) is 0 Å².